The minimum Gasteiger partial charge on any atom is -0.316 e. The normalized spacial score (nSPS) is 9.00. The summed E-state index contributed by atoms with van der Waals surface area (Å²) in [6.45, 7) is 4.82. The van der Waals surface area contributed by atoms with Crippen molar-refractivity contribution < 1.29 is 0 Å². The molecule has 1 rings (SSSR count). The summed E-state index contributed by atoms with van der Waals surface area (Å²) in [6.07, 6.45) is 0. The van der Waals surface area contributed by atoms with Crippen molar-refractivity contribution in [2.24, 2.45) is 0 Å². The fraction of sp³-hybridized carbons (Fsp3) is 0.400. The van der Waals surface area contributed by atoms with Crippen LogP contribution in [0, 0.1) is 0 Å². The van der Waals surface area contributed by atoms with Crippen LogP contribution in [0.1, 0.15) is 19.4 Å². The van der Waals surface area contributed by atoms with E-state index in [1.165, 1.54) is 0 Å². The molecule has 1 aromatic rings. The van der Waals surface area contributed by atoms with Gasteiger partial charge in [-0.1, -0.05) is 43.1 Å². The van der Waals surface area contributed by atoms with Crippen LogP contribution in [0.2, 0.25) is 10.0 Å². The average Bonchev–Trinajstić information content (AvgIpc) is 2.15. The van der Waals surface area contributed by atoms with Crippen LogP contribution >= 0.6 is 23.2 Å². The maximum atomic E-state index is 5.79. The van der Waals surface area contributed by atoms with Crippen LogP contribution in [-0.2, 0) is 6.54 Å². The van der Waals surface area contributed by atoms with Crippen LogP contribution in [-0.4, -0.2) is 7.05 Å². The van der Waals surface area contributed by atoms with E-state index >= 15 is 0 Å². The van der Waals surface area contributed by atoms with E-state index in [1.54, 1.807) is 6.07 Å². The van der Waals surface area contributed by atoms with Gasteiger partial charge in [0, 0.05) is 6.54 Å². The van der Waals surface area contributed by atoms with Gasteiger partial charge >= 0.3 is 0 Å². The Kier molecular flexibility index (Phi) is 7.06. The first kappa shape index (κ1) is 12.8. The molecular formula is C10H15Cl2N. The van der Waals surface area contributed by atoms with Gasteiger partial charge in [0.05, 0.1) is 10.0 Å². The molecule has 0 saturated heterocycles. The summed E-state index contributed by atoms with van der Waals surface area (Å²) in [4.78, 5) is 0. The van der Waals surface area contributed by atoms with E-state index in [-0.39, 0.29) is 0 Å². The van der Waals surface area contributed by atoms with Crippen LogP contribution in [0.3, 0.4) is 0 Å². The van der Waals surface area contributed by atoms with Crippen LogP contribution in [0.25, 0.3) is 0 Å². The number of hydrogen-bond donors (Lipinski definition) is 1. The van der Waals surface area contributed by atoms with Crippen molar-refractivity contribution >= 4 is 23.2 Å². The zero-order valence-electron chi connectivity index (χ0n) is 8.20. The lowest BCUT2D eigenvalue weighted by atomic mass is 10.2. The molecule has 0 bridgehead atoms. The van der Waals surface area contributed by atoms with Gasteiger partial charge in [-0.2, -0.15) is 0 Å². The molecule has 1 nitrogen and oxygen atoms in total. The van der Waals surface area contributed by atoms with Gasteiger partial charge in [0.25, 0.3) is 0 Å². The smallest absolute Gasteiger partial charge is 0.0595 e. The average molecular weight is 220 g/mol. The molecule has 1 aromatic carbocycles. The third-order valence-electron chi connectivity index (χ3n) is 1.36. The third kappa shape index (κ3) is 4.51. The van der Waals surface area contributed by atoms with Crippen LogP contribution in [0.15, 0.2) is 18.2 Å². The third-order valence-corrected chi connectivity index (χ3v) is 2.10. The molecular weight excluding hydrogens is 205 g/mol. The number of halogens is 2. The zero-order valence-corrected chi connectivity index (χ0v) is 9.71. The number of rotatable bonds is 2. The maximum Gasteiger partial charge on any atom is 0.0595 e. The molecule has 0 atom stereocenters. The highest BCUT2D eigenvalue weighted by Gasteiger charge is 1.97. The Balaban J connectivity index is 0.000000671. The molecule has 0 aliphatic heterocycles. The summed E-state index contributed by atoms with van der Waals surface area (Å²) >= 11 is 11.5. The Morgan fingerprint density at radius 3 is 2.23 bits per heavy atom. The van der Waals surface area contributed by atoms with Gasteiger partial charge < -0.3 is 5.32 Å². The van der Waals surface area contributed by atoms with E-state index < -0.39 is 0 Å². The lowest BCUT2D eigenvalue weighted by Crippen LogP contribution is -2.04. The van der Waals surface area contributed by atoms with Gasteiger partial charge in [-0.3, -0.25) is 0 Å². The van der Waals surface area contributed by atoms with Crippen molar-refractivity contribution in [3.63, 3.8) is 0 Å². The molecule has 0 aliphatic rings. The SMILES string of the molecule is CC.CNCc1ccc(Cl)c(Cl)c1. The summed E-state index contributed by atoms with van der Waals surface area (Å²) in [5, 5.41) is 4.24. The summed E-state index contributed by atoms with van der Waals surface area (Å²) in [5.41, 5.74) is 1.14. The van der Waals surface area contributed by atoms with Gasteiger partial charge in [-0.05, 0) is 24.7 Å². The predicted molar refractivity (Wildman–Crippen MR) is 60.6 cm³/mol. The topological polar surface area (TPSA) is 12.0 Å². The van der Waals surface area contributed by atoms with Crippen LogP contribution in [0.4, 0.5) is 0 Å². The Hall–Kier alpha value is -0.240. The van der Waals surface area contributed by atoms with Gasteiger partial charge in [0.15, 0.2) is 0 Å². The molecule has 74 valence electrons. The second-order valence-corrected chi connectivity index (χ2v) is 3.09. The largest absolute Gasteiger partial charge is 0.316 e. The predicted octanol–water partition coefficient (Wildman–Crippen LogP) is 3.74. The molecule has 0 spiro atoms. The number of nitrogens with one attached hydrogen (secondary N) is 1. The van der Waals surface area contributed by atoms with Gasteiger partial charge in [0.1, 0.15) is 0 Å². The van der Waals surface area contributed by atoms with Crippen molar-refractivity contribution in [1.29, 1.82) is 0 Å². The first-order chi connectivity index (χ1) is 6.24. The maximum absolute atomic E-state index is 5.79. The van der Waals surface area contributed by atoms with Crippen molar-refractivity contribution in [2.45, 2.75) is 20.4 Å². The molecule has 0 radical (unpaired) electrons. The fourth-order valence-electron chi connectivity index (χ4n) is 0.854. The Morgan fingerprint density at radius 1 is 1.15 bits per heavy atom. The quantitative estimate of drug-likeness (QED) is 0.800. The van der Waals surface area contributed by atoms with Crippen molar-refractivity contribution in [1.82, 2.24) is 5.32 Å². The van der Waals surface area contributed by atoms with Gasteiger partial charge in [-0.25, -0.2) is 0 Å². The van der Waals surface area contributed by atoms with E-state index in [0.717, 1.165) is 12.1 Å². The molecule has 0 unspecified atom stereocenters. The Labute approximate surface area is 90.1 Å². The highest BCUT2D eigenvalue weighted by molar-refractivity contribution is 6.41. The van der Waals surface area contributed by atoms with Gasteiger partial charge in [-0.15, -0.1) is 0 Å². The van der Waals surface area contributed by atoms with Crippen LogP contribution in [0.5, 0.6) is 0 Å². The Bertz CT molecular complexity index is 249. The van der Waals surface area contributed by atoms with Crippen molar-refractivity contribution in [3.05, 3.63) is 33.8 Å². The van der Waals surface area contributed by atoms with Crippen molar-refractivity contribution in [3.8, 4) is 0 Å². The standard InChI is InChI=1S/C8H9Cl2N.C2H6/c1-11-5-6-2-3-7(9)8(10)4-6;1-2/h2-4,11H,5H2,1H3;1-2H3. The first-order valence-corrected chi connectivity index (χ1v) is 5.08. The molecule has 3 heteroatoms. The summed E-state index contributed by atoms with van der Waals surface area (Å²) in [6, 6.07) is 5.61. The van der Waals surface area contributed by atoms with E-state index in [1.807, 2.05) is 33.0 Å². The molecule has 1 N–H and O–H groups in total. The van der Waals surface area contributed by atoms with Gasteiger partial charge in [0.2, 0.25) is 0 Å². The molecule has 0 heterocycles. The summed E-state index contributed by atoms with van der Waals surface area (Å²) < 4.78 is 0. The summed E-state index contributed by atoms with van der Waals surface area (Å²) in [5.74, 6) is 0. The Morgan fingerprint density at radius 2 is 1.77 bits per heavy atom. The van der Waals surface area contributed by atoms with E-state index in [0.29, 0.717) is 10.0 Å². The highest BCUT2D eigenvalue weighted by Crippen LogP contribution is 2.22. The van der Waals surface area contributed by atoms with E-state index in [9.17, 15) is 0 Å². The number of hydrogen-bond acceptors (Lipinski definition) is 1. The molecule has 0 amide bonds. The highest BCUT2D eigenvalue weighted by atomic mass is 35.5. The van der Waals surface area contributed by atoms with E-state index in [4.69, 9.17) is 23.2 Å². The molecule has 13 heavy (non-hydrogen) atoms. The molecule has 0 saturated carbocycles. The lowest BCUT2D eigenvalue weighted by molar-refractivity contribution is 0.818. The first-order valence-electron chi connectivity index (χ1n) is 4.32. The second kappa shape index (κ2) is 7.19. The summed E-state index contributed by atoms with van der Waals surface area (Å²) in [7, 11) is 1.89. The number of benzene rings is 1. The molecule has 0 aliphatic carbocycles. The van der Waals surface area contributed by atoms with E-state index in [2.05, 4.69) is 5.32 Å². The second-order valence-electron chi connectivity index (χ2n) is 2.28. The monoisotopic (exact) mass is 219 g/mol. The minimum atomic E-state index is 0.603. The fourth-order valence-corrected chi connectivity index (χ4v) is 1.17. The van der Waals surface area contributed by atoms with Crippen LogP contribution < -0.4 is 5.32 Å². The van der Waals surface area contributed by atoms with Crippen molar-refractivity contribution in [2.75, 3.05) is 7.05 Å². The molecule has 0 fully saturated rings. The lowest BCUT2D eigenvalue weighted by Gasteiger charge is -2.00. The minimum absolute atomic E-state index is 0.603. The zero-order chi connectivity index (χ0) is 10.3. The molecule has 0 aromatic heterocycles.